The average molecular weight is 388 g/mol. The standard InChI is InChI=1S/C17H23Cl2N3O3/c1-17(2,3)25-16(24)22-8-6-11(7-9-22)20-15(23)21-12-4-5-13(18)14(19)10-12/h4-5,10-11H,6-9H2,1-3H3,(H2,20,21,23). The van der Waals surface area contributed by atoms with Crippen LogP contribution in [0.3, 0.4) is 0 Å². The predicted octanol–water partition coefficient (Wildman–Crippen LogP) is 4.51. The topological polar surface area (TPSA) is 70.7 Å². The van der Waals surface area contributed by atoms with E-state index < -0.39 is 5.60 Å². The molecule has 1 aromatic carbocycles. The molecule has 0 atom stereocenters. The number of halogens is 2. The van der Waals surface area contributed by atoms with E-state index >= 15 is 0 Å². The first-order chi connectivity index (χ1) is 11.6. The molecule has 2 N–H and O–H groups in total. The first-order valence-electron chi connectivity index (χ1n) is 8.14. The van der Waals surface area contributed by atoms with Gasteiger partial charge in [0.1, 0.15) is 5.60 Å². The molecule has 1 heterocycles. The molecule has 6 nitrogen and oxygen atoms in total. The molecule has 25 heavy (non-hydrogen) atoms. The fraction of sp³-hybridized carbons (Fsp3) is 0.529. The van der Waals surface area contributed by atoms with Crippen molar-refractivity contribution in [3.8, 4) is 0 Å². The van der Waals surface area contributed by atoms with Crippen LogP contribution in [0.1, 0.15) is 33.6 Å². The van der Waals surface area contributed by atoms with E-state index in [1.54, 1.807) is 23.1 Å². The third kappa shape index (κ3) is 6.29. The number of rotatable bonds is 2. The molecule has 0 radical (unpaired) electrons. The van der Waals surface area contributed by atoms with Crippen molar-refractivity contribution in [1.29, 1.82) is 0 Å². The van der Waals surface area contributed by atoms with E-state index in [0.29, 0.717) is 41.7 Å². The lowest BCUT2D eigenvalue weighted by molar-refractivity contribution is 0.0202. The molecule has 0 unspecified atom stereocenters. The van der Waals surface area contributed by atoms with E-state index in [1.807, 2.05) is 20.8 Å². The molecule has 0 aliphatic carbocycles. The maximum absolute atomic E-state index is 12.1. The van der Waals surface area contributed by atoms with E-state index in [9.17, 15) is 9.59 Å². The molecule has 2 rings (SSSR count). The van der Waals surface area contributed by atoms with E-state index in [0.717, 1.165) is 0 Å². The summed E-state index contributed by atoms with van der Waals surface area (Å²) >= 11 is 11.8. The molecule has 0 bridgehead atoms. The summed E-state index contributed by atoms with van der Waals surface area (Å²) in [7, 11) is 0. The highest BCUT2D eigenvalue weighted by atomic mass is 35.5. The van der Waals surface area contributed by atoms with Crippen LogP contribution in [0.4, 0.5) is 15.3 Å². The Morgan fingerprint density at radius 2 is 1.80 bits per heavy atom. The fourth-order valence-electron chi connectivity index (χ4n) is 2.46. The molecule has 138 valence electrons. The number of anilines is 1. The van der Waals surface area contributed by atoms with Crippen LogP contribution in [0.2, 0.25) is 10.0 Å². The second-order valence-electron chi connectivity index (χ2n) is 6.97. The van der Waals surface area contributed by atoms with Gasteiger partial charge in [0.05, 0.1) is 10.0 Å². The summed E-state index contributed by atoms with van der Waals surface area (Å²) in [6.45, 7) is 6.62. The van der Waals surface area contributed by atoms with Gasteiger partial charge in [-0.3, -0.25) is 0 Å². The van der Waals surface area contributed by atoms with Crippen molar-refractivity contribution in [2.75, 3.05) is 18.4 Å². The number of hydrogen-bond acceptors (Lipinski definition) is 3. The van der Waals surface area contributed by atoms with Crippen molar-refractivity contribution in [2.24, 2.45) is 0 Å². The highest BCUT2D eigenvalue weighted by Gasteiger charge is 2.27. The van der Waals surface area contributed by atoms with Gasteiger partial charge in [-0.1, -0.05) is 23.2 Å². The molecule has 1 aliphatic rings. The van der Waals surface area contributed by atoms with Gasteiger partial charge in [-0.15, -0.1) is 0 Å². The number of urea groups is 1. The highest BCUT2D eigenvalue weighted by Crippen LogP contribution is 2.25. The summed E-state index contributed by atoms with van der Waals surface area (Å²) < 4.78 is 5.36. The Morgan fingerprint density at radius 1 is 1.16 bits per heavy atom. The zero-order valence-electron chi connectivity index (χ0n) is 14.6. The quantitative estimate of drug-likeness (QED) is 0.783. The summed E-state index contributed by atoms with van der Waals surface area (Å²) in [6, 6.07) is 4.59. The maximum Gasteiger partial charge on any atom is 0.410 e. The van der Waals surface area contributed by atoms with Gasteiger partial charge in [-0.05, 0) is 51.8 Å². The van der Waals surface area contributed by atoms with E-state index in [-0.39, 0.29) is 18.2 Å². The number of carbonyl (C=O) groups is 2. The van der Waals surface area contributed by atoms with Gasteiger partial charge in [-0.25, -0.2) is 9.59 Å². The fourth-order valence-corrected chi connectivity index (χ4v) is 2.76. The van der Waals surface area contributed by atoms with Crippen LogP contribution in [0, 0.1) is 0 Å². The molecule has 1 saturated heterocycles. The molecule has 0 aromatic heterocycles. The Hall–Kier alpha value is -1.66. The van der Waals surface area contributed by atoms with Crippen LogP contribution < -0.4 is 10.6 Å². The zero-order chi connectivity index (χ0) is 18.6. The van der Waals surface area contributed by atoms with Crippen molar-refractivity contribution < 1.29 is 14.3 Å². The molecular weight excluding hydrogens is 365 g/mol. The summed E-state index contributed by atoms with van der Waals surface area (Å²) in [6.07, 6.45) is 1.04. The number of likely N-dealkylation sites (tertiary alicyclic amines) is 1. The van der Waals surface area contributed by atoms with Gasteiger partial charge in [0.15, 0.2) is 0 Å². The van der Waals surface area contributed by atoms with Crippen LogP contribution in [0.25, 0.3) is 0 Å². The van der Waals surface area contributed by atoms with Gasteiger partial charge in [0.2, 0.25) is 0 Å². The lowest BCUT2D eigenvalue weighted by atomic mass is 10.1. The van der Waals surface area contributed by atoms with Crippen LogP contribution in [0.15, 0.2) is 18.2 Å². The number of piperidine rings is 1. The van der Waals surface area contributed by atoms with Gasteiger partial charge < -0.3 is 20.3 Å². The van der Waals surface area contributed by atoms with Crippen molar-refractivity contribution in [2.45, 2.75) is 45.3 Å². The first kappa shape index (κ1) is 19.7. The monoisotopic (exact) mass is 387 g/mol. The minimum absolute atomic E-state index is 0.00135. The Bertz CT molecular complexity index is 639. The number of hydrogen-bond donors (Lipinski definition) is 2. The number of carbonyl (C=O) groups excluding carboxylic acids is 2. The largest absolute Gasteiger partial charge is 0.444 e. The normalized spacial score (nSPS) is 15.6. The third-order valence-corrected chi connectivity index (χ3v) is 4.40. The summed E-state index contributed by atoms with van der Waals surface area (Å²) in [4.78, 5) is 25.8. The molecule has 0 saturated carbocycles. The van der Waals surface area contributed by atoms with Gasteiger partial charge >= 0.3 is 12.1 Å². The van der Waals surface area contributed by atoms with Crippen LogP contribution in [-0.4, -0.2) is 41.8 Å². The number of nitrogens with zero attached hydrogens (tertiary/aromatic N) is 1. The second-order valence-corrected chi connectivity index (χ2v) is 7.78. The lowest BCUT2D eigenvalue weighted by Crippen LogP contribution is -2.48. The van der Waals surface area contributed by atoms with Gasteiger partial charge in [0, 0.05) is 24.8 Å². The Kier molecular flexibility index (Phi) is 6.41. The van der Waals surface area contributed by atoms with Crippen molar-refractivity contribution >= 4 is 41.0 Å². The molecule has 0 spiro atoms. The molecule has 3 amide bonds. The van der Waals surface area contributed by atoms with Crippen LogP contribution in [0.5, 0.6) is 0 Å². The SMILES string of the molecule is CC(C)(C)OC(=O)N1CCC(NC(=O)Nc2ccc(Cl)c(Cl)c2)CC1. The van der Waals surface area contributed by atoms with Crippen molar-refractivity contribution in [1.82, 2.24) is 10.2 Å². The van der Waals surface area contributed by atoms with E-state index in [1.165, 1.54) is 0 Å². The Morgan fingerprint density at radius 3 is 2.36 bits per heavy atom. The Labute approximate surface area is 157 Å². The molecule has 1 fully saturated rings. The Balaban J connectivity index is 1.78. The summed E-state index contributed by atoms with van der Waals surface area (Å²) in [5.74, 6) is 0. The van der Waals surface area contributed by atoms with Crippen molar-refractivity contribution in [3.63, 3.8) is 0 Å². The van der Waals surface area contributed by atoms with Crippen LogP contribution in [-0.2, 0) is 4.74 Å². The van der Waals surface area contributed by atoms with E-state index in [2.05, 4.69) is 10.6 Å². The van der Waals surface area contributed by atoms with Crippen LogP contribution >= 0.6 is 23.2 Å². The minimum atomic E-state index is -0.508. The molecule has 8 heteroatoms. The molecule has 1 aromatic rings. The summed E-state index contributed by atoms with van der Waals surface area (Å²) in [5.41, 5.74) is 0.0597. The predicted molar refractivity (Wildman–Crippen MR) is 99.4 cm³/mol. The molecular formula is C17H23Cl2N3O3. The zero-order valence-corrected chi connectivity index (χ0v) is 16.1. The number of ether oxygens (including phenoxy) is 1. The van der Waals surface area contributed by atoms with Gasteiger partial charge in [-0.2, -0.15) is 0 Å². The first-order valence-corrected chi connectivity index (χ1v) is 8.90. The van der Waals surface area contributed by atoms with Crippen molar-refractivity contribution in [3.05, 3.63) is 28.2 Å². The molecule has 1 aliphatic heterocycles. The number of benzene rings is 1. The smallest absolute Gasteiger partial charge is 0.410 e. The average Bonchev–Trinajstić information content (AvgIpc) is 2.50. The second kappa shape index (κ2) is 8.15. The third-order valence-electron chi connectivity index (χ3n) is 3.66. The number of amides is 3. The number of nitrogens with one attached hydrogen (secondary N) is 2. The van der Waals surface area contributed by atoms with Gasteiger partial charge in [0.25, 0.3) is 0 Å². The minimum Gasteiger partial charge on any atom is -0.444 e. The summed E-state index contributed by atoms with van der Waals surface area (Å²) in [5, 5.41) is 6.44. The maximum atomic E-state index is 12.1. The van der Waals surface area contributed by atoms with E-state index in [4.69, 9.17) is 27.9 Å². The lowest BCUT2D eigenvalue weighted by Gasteiger charge is -2.33. The highest BCUT2D eigenvalue weighted by molar-refractivity contribution is 6.42.